The zero-order valence-electron chi connectivity index (χ0n) is 10.2. The summed E-state index contributed by atoms with van der Waals surface area (Å²) in [5, 5.41) is 24.8. The Balaban J connectivity index is 2.36. The molecular formula is C12H15N3O3. The minimum Gasteiger partial charge on any atom is -0.361 e. The fourth-order valence-electron chi connectivity index (χ4n) is 1.99. The monoisotopic (exact) mass is 249 g/mol. The molecule has 0 saturated carbocycles. The van der Waals surface area contributed by atoms with E-state index >= 15 is 0 Å². The highest BCUT2D eigenvalue weighted by Gasteiger charge is 2.45. The van der Waals surface area contributed by atoms with Crippen LogP contribution in [0.15, 0.2) is 42.2 Å². The van der Waals surface area contributed by atoms with Gasteiger partial charge in [-0.15, -0.1) is 0 Å². The first kappa shape index (κ1) is 12.5. The molecule has 1 aromatic carbocycles. The first-order valence-electron chi connectivity index (χ1n) is 5.58. The lowest BCUT2D eigenvalue weighted by molar-refractivity contribution is -0.404. The molecule has 1 fully saturated rings. The van der Waals surface area contributed by atoms with Crippen molar-refractivity contribution in [3.05, 3.63) is 57.9 Å². The van der Waals surface area contributed by atoms with Crippen molar-refractivity contribution >= 4 is 0 Å². The fourth-order valence-corrected chi connectivity index (χ4v) is 1.99. The third-order valence-electron chi connectivity index (χ3n) is 3.12. The average molecular weight is 249 g/mol. The van der Waals surface area contributed by atoms with E-state index in [-0.39, 0.29) is 0 Å². The van der Waals surface area contributed by atoms with E-state index in [4.69, 9.17) is 0 Å². The van der Waals surface area contributed by atoms with E-state index in [0.717, 1.165) is 16.8 Å². The Bertz CT molecular complexity index is 485. The first-order valence-corrected chi connectivity index (χ1v) is 5.58. The van der Waals surface area contributed by atoms with Crippen LogP contribution in [0.25, 0.3) is 0 Å². The zero-order chi connectivity index (χ0) is 13.3. The Labute approximate surface area is 105 Å². The van der Waals surface area contributed by atoms with Gasteiger partial charge in [0.05, 0.1) is 10.5 Å². The number of nitrogens with zero attached hydrogens (tertiary/aromatic N) is 2. The van der Waals surface area contributed by atoms with Crippen molar-refractivity contribution in [3.8, 4) is 0 Å². The number of hydroxylamine groups is 2. The van der Waals surface area contributed by atoms with Crippen molar-refractivity contribution in [1.29, 1.82) is 0 Å². The quantitative estimate of drug-likeness (QED) is 0.618. The molecule has 1 aliphatic rings. The van der Waals surface area contributed by atoms with Crippen LogP contribution in [0.2, 0.25) is 0 Å². The lowest BCUT2D eigenvalue weighted by Gasteiger charge is -2.27. The van der Waals surface area contributed by atoms with Crippen molar-refractivity contribution in [2.24, 2.45) is 0 Å². The van der Waals surface area contributed by atoms with Gasteiger partial charge < -0.3 is 10.5 Å². The van der Waals surface area contributed by atoms with Gasteiger partial charge in [-0.1, -0.05) is 30.3 Å². The smallest absolute Gasteiger partial charge is 0.255 e. The van der Waals surface area contributed by atoms with Gasteiger partial charge in [0.1, 0.15) is 11.9 Å². The van der Waals surface area contributed by atoms with Crippen molar-refractivity contribution in [1.82, 2.24) is 10.4 Å². The van der Waals surface area contributed by atoms with E-state index in [1.165, 1.54) is 0 Å². The van der Waals surface area contributed by atoms with Gasteiger partial charge in [0.25, 0.3) is 6.20 Å². The van der Waals surface area contributed by atoms with Crippen LogP contribution in [0.4, 0.5) is 0 Å². The molecule has 0 aliphatic carbocycles. The van der Waals surface area contributed by atoms with Crippen LogP contribution in [0.5, 0.6) is 0 Å². The highest BCUT2D eigenvalue weighted by molar-refractivity contribution is 5.27. The van der Waals surface area contributed by atoms with Gasteiger partial charge in [-0.05, 0) is 19.4 Å². The predicted molar refractivity (Wildman–Crippen MR) is 65.1 cm³/mol. The molecule has 96 valence electrons. The van der Waals surface area contributed by atoms with Crippen LogP contribution in [0.1, 0.15) is 25.6 Å². The van der Waals surface area contributed by atoms with Crippen LogP contribution in [0, 0.1) is 10.1 Å². The molecule has 0 amide bonds. The summed E-state index contributed by atoms with van der Waals surface area (Å²) in [6.07, 6.45) is 0.416. The number of rotatable bonds is 2. The average Bonchev–Trinajstić information content (AvgIpc) is 2.54. The number of benzene rings is 1. The topological polar surface area (TPSA) is 78.6 Å². The maximum Gasteiger partial charge on any atom is 0.255 e. The maximum atomic E-state index is 10.6. The van der Waals surface area contributed by atoms with Crippen LogP contribution in [-0.4, -0.2) is 20.7 Å². The molecule has 6 nitrogen and oxygen atoms in total. The lowest BCUT2D eigenvalue weighted by Crippen LogP contribution is -2.38. The molecule has 0 bridgehead atoms. The fraction of sp³-hybridized carbons (Fsp3) is 0.333. The highest BCUT2D eigenvalue weighted by Crippen LogP contribution is 2.36. The molecule has 18 heavy (non-hydrogen) atoms. The van der Waals surface area contributed by atoms with Gasteiger partial charge in [-0.3, -0.25) is 10.1 Å². The summed E-state index contributed by atoms with van der Waals surface area (Å²) in [6.45, 7) is 3.44. The van der Waals surface area contributed by atoms with E-state index in [9.17, 15) is 15.3 Å². The van der Waals surface area contributed by atoms with Crippen molar-refractivity contribution < 1.29 is 10.1 Å². The molecule has 2 rings (SSSR count). The summed E-state index contributed by atoms with van der Waals surface area (Å²) in [5.74, 6) is 0. The molecule has 1 aliphatic heterocycles. The van der Waals surface area contributed by atoms with Crippen molar-refractivity contribution in [2.45, 2.75) is 25.6 Å². The Hall–Kier alpha value is -1.92. The normalized spacial score (nSPS) is 25.1. The highest BCUT2D eigenvalue weighted by atomic mass is 16.6. The Morgan fingerprint density at radius 3 is 2.61 bits per heavy atom. The molecule has 2 N–H and O–H groups in total. The molecule has 1 saturated heterocycles. The van der Waals surface area contributed by atoms with Crippen LogP contribution in [-0.2, 0) is 0 Å². The Morgan fingerprint density at radius 1 is 1.44 bits per heavy atom. The van der Waals surface area contributed by atoms with E-state index in [1.54, 1.807) is 13.8 Å². The molecule has 0 aromatic heterocycles. The van der Waals surface area contributed by atoms with Crippen molar-refractivity contribution in [2.75, 3.05) is 0 Å². The third-order valence-corrected chi connectivity index (χ3v) is 3.12. The standard InChI is InChI=1S/C12H15N3O3/c1-12(2)10(8-14(16)17)13-11(15(12)18)9-6-4-3-5-7-9/h3-8,11,13,18H,1-2H3/b10-8-. The summed E-state index contributed by atoms with van der Waals surface area (Å²) in [6, 6.07) is 9.29. The van der Waals surface area contributed by atoms with E-state index in [2.05, 4.69) is 5.32 Å². The summed E-state index contributed by atoms with van der Waals surface area (Å²) < 4.78 is 0. The van der Waals surface area contributed by atoms with Crippen LogP contribution >= 0.6 is 0 Å². The summed E-state index contributed by atoms with van der Waals surface area (Å²) >= 11 is 0. The summed E-state index contributed by atoms with van der Waals surface area (Å²) in [7, 11) is 0. The van der Waals surface area contributed by atoms with E-state index in [1.807, 2.05) is 30.3 Å². The van der Waals surface area contributed by atoms with Gasteiger partial charge in [0.15, 0.2) is 0 Å². The van der Waals surface area contributed by atoms with Gasteiger partial charge in [0, 0.05) is 0 Å². The van der Waals surface area contributed by atoms with Crippen LogP contribution in [0.3, 0.4) is 0 Å². The molecule has 6 heteroatoms. The maximum absolute atomic E-state index is 10.6. The second-order valence-corrected chi connectivity index (χ2v) is 4.69. The van der Waals surface area contributed by atoms with Gasteiger partial charge in [-0.25, -0.2) is 0 Å². The molecule has 1 unspecified atom stereocenters. The molecule has 1 heterocycles. The second-order valence-electron chi connectivity index (χ2n) is 4.69. The van der Waals surface area contributed by atoms with E-state index in [0.29, 0.717) is 5.70 Å². The minimum absolute atomic E-state index is 0.379. The largest absolute Gasteiger partial charge is 0.361 e. The van der Waals surface area contributed by atoms with Gasteiger partial charge >= 0.3 is 0 Å². The Morgan fingerprint density at radius 2 is 2.06 bits per heavy atom. The molecule has 1 aromatic rings. The zero-order valence-corrected chi connectivity index (χ0v) is 10.2. The summed E-state index contributed by atoms with van der Waals surface area (Å²) in [5.41, 5.74) is 0.400. The number of hydrogen-bond donors (Lipinski definition) is 2. The molecular weight excluding hydrogens is 234 g/mol. The SMILES string of the molecule is CC1(C)/C(=C/[N+](=O)[O-])NC(c2ccccc2)N1O. The molecule has 0 radical (unpaired) electrons. The van der Waals surface area contributed by atoms with Crippen molar-refractivity contribution in [3.63, 3.8) is 0 Å². The molecule has 0 spiro atoms. The van der Waals surface area contributed by atoms with Crippen LogP contribution < -0.4 is 5.32 Å². The Kier molecular flexibility index (Phi) is 3.06. The number of nitro groups is 1. The third kappa shape index (κ3) is 2.07. The first-order chi connectivity index (χ1) is 8.43. The lowest BCUT2D eigenvalue weighted by atomic mass is 10.0. The number of hydrogen-bond acceptors (Lipinski definition) is 5. The van der Waals surface area contributed by atoms with Gasteiger partial charge in [0.2, 0.25) is 0 Å². The predicted octanol–water partition coefficient (Wildman–Crippen LogP) is 1.88. The second kappa shape index (κ2) is 4.40. The number of nitrogens with one attached hydrogen (secondary N) is 1. The molecule has 1 atom stereocenters. The van der Waals surface area contributed by atoms with Gasteiger partial charge in [-0.2, -0.15) is 5.06 Å². The summed E-state index contributed by atoms with van der Waals surface area (Å²) in [4.78, 5) is 10.1. The van der Waals surface area contributed by atoms with E-state index < -0.39 is 16.6 Å². The minimum atomic E-state index is -0.826.